The number of hydrogen-bond acceptors (Lipinski definition) is 5. The normalized spacial score (nSPS) is 14.9. The zero-order valence-electron chi connectivity index (χ0n) is 15.5. The Kier molecular flexibility index (Phi) is 8.55. The molecule has 6 nitrogen and oxygen atoms in total. The van der Waals surface area contributed by atoms with Crippen LogP contribution in [0.25, 0.3) is 0 Å². The number of esters is 1. The molecule has 3 atom stereocenters. The highest BCUT2D eigenvalue weighted by Crippen LogP contribution is 2.16. The molecule has 152 valence electrons. The second kappa shape index (κ2) is 10.1. The first-order valence-electron chi connectivity index (χ1n) is 8.53. The van der Waals surface area contributed by atoms with Gasteiger partial charge in [-0.15, -0.1) is 0 Å². The number of amides is 1. The number of carbonyl (C=O) groups excluding carboxylic acids is 2. The van der Waals surface area contributed by atoms with Crippen LogP contribution in [0.2, 0.25) is 0 Å². The van der Waals surface area contributed by atoms with Crippen LogP contribution in [0.1, 0.15) is 25.8 Å². The Bertz CT molecular complexity index is 620. The summed E-state index contributed by atoms with van der Waals surface area (Å²) in [5.41, 5.74) is 0.556. The van der Waals surface area contributed by atoms with Crippen molar-refractivity contribution in [2.75, 3.05) is 13.7 Å². The van der Waals surface area contributed by atoms with Gasteiger partial charge in [-0.25, -0.2) is 4.79 Å². The molecule has 1 rings (SSSR count). The third kappa shape index (κ3) is 7.86. The molecule has 0 bridgehead atoms. The molecule has 0 aromatic heterocycles. The second-order valence-corrected chi connectivity index (χ2v) is 6.31. The standard InChI is InChI=1S/C18H25F3N2O4/c1-4-11(2)15(17(26)27-3)23-16(25)14(22-10-18(19,20)21)9-12-5-7-13(24)8-6-12/h5-8,11,14-15,22,24H,4,9-10H2,1-3H3,(H,23,25). The van der Waals surface area contributed by atoms with Crippen LogP contribution in [0.3, 0.4) is 0 Å². The van der Waals surface area contributed by atoms with Crippen molar-refractivity contribution >= 4 is 11.9 Å². The van der Waals surface area contributed by atoms with Crippen LogP contribution in [0.4, 0.5) is 13.2 Å². The first-order chi connectivity index (χ1) is 12.6. The van der Waals surface area contributed by atoms with Crippen LogP contribution in [0.5, 0.6) is 5.75 Å². The number of methoxy groups -OCH3 is 1. The summed E-state index contributed by atoms with van der Waals surface area (Å²) in [6, 6.07) is 3.61. The third-order valence-corrected chi connectivity index (χ3v) is 4.21. The highest BCUT2D eigenvalue weighted by Gasteiger charge is 2.33. The van der Waals surface area contributed by atoms with E-state index in [-0.39, 0.29) is 18.1 Å². The molecule has 3 N–H and O–H groups in total. The Morgan fingerprint density at radius 2 is 1.81 bits per heavy atom. The number of phenolic OH excluding ortho intramolecular Hbond substituents is 1. The summed E-state index contributed by atoms with van der Waals surface area (Å²) in [7, 11) is 1.18. The molecule has 0 fully saturated rings. The average molecular weight is 390 g/mol. The van der Waals surface area contributed by atoms with E-state index in [2.05, 4.69) is 15.4 Å². The van der Waals surface area contributed by atoms with E-state index in [0.29, 0.717) is 12.0 Å². The van der Waals surface area contributed by atoms with Crippen LogP contribution in [-0.4, -0.2) is 48.9 Å². The minimum Gasteiger partial charge on any atom is -0.508 e. The van der Waals surface area contributed by atoms with E-state index >= 15 is 0 Å². The molecule has 27 heavy (non-hydrogen) atoms. The van der Waals surface area contributed by atoms with Crippen molar-refractivity contribution in [2.24, 2.45) is 5.92 Å². The summed E-state index contributed by atoms with van der Waals surface area (Å²) in [4.78, 5) is 24.5. The van der Waals surface area contributed by atoms with Crippen molar-refractivity contribution in [3.63, 3.8) is 0 Å². The fraction of sp³-hybridized carbons (Fsp3) is 0.556. The molecular formula is C18H25F3N2O4. The van der Waals surface area contributed by atoms with Gasteiger partial charge in [-0.1, -0.05) is 32.4 Å². The molecule has 0 radical (unpaired) electrons. The Balaban J connectivity index is 2.95. The Morgan fingerprint density at radius 3 is 2.30 bits per heavy atom. The lowest BCUT2D eigenvalue weighted by molar-refractivity contribution is -0.147. The van der Waals surface area contributed by atoms with E-state index < -0.39 is 36.7 Å². The van der Waals surface area contributed by atoms with Crippen molar-refractivity contribution in [3.8, 4) is 5.75 Å². The van der Waals surface area contributed by atoms with Gasteiger partial charge in [0.05, 0.1) is 19.7 Å². The SMILES string of the molecule is CCC(C)C(NC(=O)C(Cc1ccc(O)cc1)NCC(F)(F)F)C(=O)OC. The predicted octanol–water partition coefficient (Wildman–Crippen LogP) is 2.16. The number of alkyl halides is 3. The van der Waals surface area contributed by atoms with Crippen molar-refractivity contribution in [1.82, 2.24) is 10.6 Å². The summed E-state index contributed by atoms with van der Waals surface area (Å²) in [5, 5.41) is 14.0. The minimum atomic E-state index is -4.49. The van der Waals surface area contributed by atoms with Gasteiger partial charge in [0.15, 0.2) is 0 Å². The molecule has 0 spiro atoms. The van der Waals surface area contributed by atoms with Gasteiger partial charge < -0.3 is 15.2 Å². The van der Waals surface area contributed by atoms with E-state index in [1.54, 1.807) is 6.92 Å². The summed E-state index contributed by atoms with van der Waals surface area (Å²) in [6.45, 7) is 2.21. The number of phenols is 1. The molecular weight excluding hydrogens is 365 g/mol. The molecule has 0 aliphatic rings. The van der Waals surface area contributed by atoms with Crippen LogP contribution in [-0.2, 0) is 20.7 Å². The van der Waals surface area contributed by atoms with Crippen LogP contribution < -0.4 is 10.6 Å². The number of nitrogens with one attached hydrogen (secondary N) is 2. The predicted molar refractivity (Wildman–Crippen MR) is 93.1 cm³/mol. The maximum atomic E-state index is 12.6. The van der Waals surface area contributed by atoms with E-state index in [1.807, 2.05) is 6.92 Å². The van der Waals surface area contributed by atoms with Gasteiger partial charge in [-0.3, -0.25) is 10.1 Å². The minimum absolute atomic E-state index is 0.00512. The number of ether oxygens (including phenoxy) is 1. The molecule has 1 aromatic rings. The molecule has 0 aliphatic carbocycles. The van der Waals surface area contributed by atoms with Gasteiger partial charge in [0.2, 0.25) is 5.91 Å². The van der Waals surface area contributed by atoms with E-state index in [0.717, 1.165) is 0 Å². The first kappa shape index (κ1) is 22.8. The summed E-state index contributed by atoms with van der Waals surface area (Å²) in [6.07, 6.45) is -3.97. The fourth-order valence-corrected chi connectivity index (χ4v) is 2.41. The quantitative estimate of drug-likeness (QED) is 0.563. The summed E-state index contributed by atoms with van der Waals surface area (Å²) < 4.78 is 42.5. The summed E-state index contributed by atoms with van der Waals surface area (Å²) in [5.74, 6) is -1.64. The monoisotopic (exact) mass is 390 g/mol. The molecule has 1 amide bonds. The molecule has 9 heteroatoms. The zero-order chi connectivity index (χ0) is 20.6. The highest BCUT2D eigenvalue weighted by atomic mass is 19.4. The molecule has 1 aromatic carbocycles. The number of rotatable bonds is 9. The van der Waals surface area contributed by atoms with Crippen molar-refractivity contribution in [3.05, 3.63) is 29.8 Å². The maximum Gasteiger partial charge on any atom is 0.401 e. The fourth-order valence-electron chi connectivity index (χ4n) is 2.41. The largest absolute Gasteiger partial charge is 0.508 e. The Morgan fingerprint density at radius 1 is 1.22 bits per heavy atom. The van der Waals surface area contributed by atoms with Gasteiger partial charge in [0.25, 0.3) is 0 Å². The van der Waals surface area contributed by atoms with Crippen molar-refractivity contribution in [2.45, 2.75) is 44.9 Å². The number of halogens is 3. The van der Waals surface area contributed by atoms with Crippen LogP contribution in [0.15, 0.2) is 24.3 Å². The highest BCUT2D eigenvalue weighted by molar-refractivity contribution is 5.87. The van der Waals surface area contributed by atoms with Gasteiger partial charge in [-0.2, -0.15) is 13.2 Å². The molecule has 0 aliphatic heterocycles. The van der Waals surface area contributed by atoms with E-state index in [4.69, 9.17) is 0 Å². The topological polar surface area (TPSA) is 87.7 Å². The molecule has 0 heterocycles. The van der Waals surface area contributed by atoms with Gasteiger partial charge in [0.1, 0.15) is 11.8 Å². The van der Waals surface area contributed by atoms with E-state index in [1.165, 1.54) is 31.4 Å². The van der Waals surface area contributed by atoms with Crippen molar-refractivity contribution in [1.29, 1.82) is 0 Å². The van der Waals surface area contributed by atoms with Crippen LogP contribution >= 0.6 is 0 Å². The number of carbonyl (C=O) groups is 2. The second-order valence-electron chi connectivity index (χ2n) is 6.31. The third-order valence-electron chi connectivity index (χ3n) is 4.21. The molecule has 0 saturated heterocycles. The smallest absolute Gasteiger partial charge is 0.401 e. The van der Waals surface area contributed by atoms with Gasteiger partial charge >= 0.3 is 12.1 Å². The lowest BCUT2D eigenvalue weighted by atomic mass is 9.98. The lowest BCUT2D eigenvalue weighted by Crippen LogP contribution is -2.54. The van der Waals surface area contributed by atoms with Crippen molar-refractivity contribution < 1.29 is 32.6 Å². The maximum absolute atomic E-state index is 12.6. The van der Waals surface area contributed by atoms with Gasteiger partial charge in [-0.05, 0) is 30.0 Å². The summed E-state index contributed by atoms with van der Waals surface area (Å²) >= 11 is 0. The first-order valence-corrected chi connectivity index (χ1v) is 8.53. The van der Waals surface area contributed by atoms with Crippen LogP contribution in [0, 0.1) is 5.92 Å². The Hall–Kier alpha value is -2.29. The zero-order valence-corrected chi connectivity index (χ0v) is 15.5. The number of hydrogen-bond donors (Lipinski definition) is 3. The molecule has 0 saturated carbocycles. The van der Waals surface area contributed by atoms with Gasteiger partial charge in [0, 0.05) is 0 Å². The number of benzene rings is 1. The average Bonchev–Trinajstić information content (AvgIpc) is 2.62. The molecule has 3 unspecified atom stereocenters. The Labute approximate surface area is 156 Å². The van der Waals surface area contributed by atoms with E-state index in [9.17, 15) is 27.9 Å². The lowest BCUT2D eigenvalue weighted by Gasteiger charge is -2.25. The number of aromatic hydroxyl groups is 1.